The van der Waals surface area contributed by atoms with Gasteiger partial charge in [0.15, 0.2) is 0 Å². The first kappa shape index (κ1) is 15.3. The van der Waals surface area contributed by atoms with Crippen molar-refractivity contribution in [3.8, 4) is 12.3 Å². The molecule has 0 saturated carbocycles. The normalized spacial score (nSPS) is 11.4. The van der Waals surface area contributed by atoms with E-state index < -0.39 is 0 Å². The van der Waals surface area contributed by atoms with Gasteiger partial charge in [-0.05, 0) is 26.2 Å². The van der Waals surface area contributed by atoms with Crippen molar-refractivity contribution in [1.82, 2.24) is 0 Å². The van der Waals surface area contributed by atoms with E-state index in [2.05, 4.69) is 25.8 Å². The molecule has 0 saturated heterocycles. The molecule has 0 heterocycles. The first-order valence-electron chi connectivity index (χ1n) is 6.90. The Morgan fingerprint density at radius 3 is 2.31 bits per heavy atom. The lowest BCUT2D eigenvalue weighted by atomic mass is 10.0. The quantitative estimate of drug-likeness (QED) is 0.259. The van der Waals surface area contributed by atoms with E-state index in [1.807, 2.05) is 0 Å². The number of hydrogen-bond donors (Lipinski definition) is 0. The van der Waals surface area contributed by atoms with Crippen LogP contribution in [0.1, 0.15) is 78.1 Å². The van der Waals surface area contributed by atoms with Crippen LogP contribution in [0.4, 0.5) is 0 Å². The average molecular weight is 220 g/mol. The van der Waals surface area contributed by atoms with Crippen LogP contribution in [0.5, 0.6) is 0 Å². The molecule has 0 amide bonds. The summed E-state index contributed by atoms with van der Waals surface area (Å²) in [5.41, 5.74) is 1.52. The third-order valence-corrected chi connectivity index (χ3v) is 2.96. The Morgan fingerprint density at radius 2 is 1.69 bits per heavy atom. The van der Waals surface area contributed by atoms with Crippen molar-refractivity contribution in [2.24, 2.45) is 0 Å². The van der Waals surface area contributed by atoms with Gasteiger partial charge in [-0.3, -0.25) is 0 Å². The molecule has 0 aromatic heterocycles. The maximum absolute atomic E-state index is 5.22. The lowest BCUT2D eigenvalue weighted by Crippen LogP contribution is -1.82. The monoisotopic (exact) mass is 220 g/mol. The van der Waals surface area contributed by atoms with Crippen molar-refractivity contribution in [1.29, 1.82) is 0 Å². The highest BCUT2D eigenvalue weighted by Crippen LogP contribution is 2.12. The van der Waals surface area contributed by atoms with Crippen LogP contribution in [0.3, 0.4) is 0 Å². The zero-order valence-electron chi connectivity index (χ0n) is 11.2. The first-order valence-corrected chi connectivity index (χ1v) is 6.90. The van der Waals surface area contributed by atoms with E-state index in [0.29, 0.717) is 0 Å². The Kier molecular flexibility index (Phi) is 11.8. The highest BCUT2D eigenvalue weighted by molar-refractivity contribution is 4.99. The van der Waals surface area contributed by atoms with Crippen LogP contribution >= 0.6 is 0 Å². The Morgan fingerprint density at radius 1 is 1.06 bits per heavy atom. The Hall–Kier alpha value is -0.700. The Labute approximate surface area is 103 Å². The summed E-state index contributed by atoms with van der Waals surface area (Å²) in [4.78, 5) is 0. The molecule has 0 radical (unpaired) electrons. The molecule has 92 valence electrons. The Balaban J connectivity index is 3.24. The molecule has 0 atom stereocenters. The smallest absolute Gasteiger partial charge is 0.0121 e. The molecular weight excluding hydrogens is 192 g/mol. The molecule has 0 N–H and O–H groups in total. The standard InChI is InChI=1S/C16H28/c1-4-6-8-9-10-11-13-15-16(3)14-12-7-5-2/h2,14H,4,6-13,15H2,1,3H3. The van der Waals surface area contributed by atoms with Crippen molar-refractivity contribution in [2.45, 2.75) is 78.1 Å². The van der Waals surface area contributed by atoms with Gasteiger partial charge in [0.25, 0.3) is 0 Å². The Bertz CT molecular complexity index is 205. The van der Waals surface area contributed by atoms with Gasteiger partial charge in [-0.1, -0.05) is 57.1 Å². The second kappa shape index (κ2) is 12.4. The van der Waals surface area contributed by atoms with E-state index in [-0.39, 0.29) is 0 Å². The van der Waals surface area contributed by atoms with Crippen LogP contribution in [0.2, 0.25) is 0 Å². The lowest BCUT2D eigenvalue weighted by Gasteiger charge is -2.02. The van der Waals surface area contributed by atoms with Crippen LogP contribution in [-0.2, 0) is 0 Å². The summed E-state index contributed by atoms with van der Waals surface area (Å²) in [6, 6.07) is 0. The SMILES string of the molecule is C#CCCC=C(C)CCCCCCCCC. The summed E-state index contributed by atoms with van der Waals surface area (Å²) in [5, 5.41) is 0. The van der Waals surface area contributed by atoms with Crippen LogP contribution in [0.25, 0.3) is 0 Å². The maximum Gasteiger partial charge on any atom is 0.0121 e. The number of unbranched alkanes of at least 4 members (excludes halogenated alkanes) is 7. The van der Waals surface area contributed by atoms with Gasteiger partial charge >= 0.3 is 0 Å². The second-order valence-electron chi connectivity index (χ2n) is 4.66. The minimum Gasteiger partial charge on any atom is -0.120 e. The molecule has 0 nitrogen and oxygen atoms in total. The summed E-state index contributed by atoms with van der Waals surface area (Å²) < 4.78 is 0. The van der Waals surface area contributed by atoms with E-state index in [1.165, 1.54) is 56.9 Å². The van der Waals surface area contributed by atoms with Crippen LogP contribution in [0.15, 0.2) is 11.6 Å². The molecule has 0 unspecified atom stereocenters. The third kappa shape index (κ3) is 11.4. The molecule has 0 aliphatic heterocycles. The molecule has 0 aliphatic rings. The van der Waals surface area contributed by atoms with Crippen molar-refractivity contribution < 1.29 is 0 Å². The van der Waals surface area contributed by atoms with Gasteiger partial charge in [-0.25, -0.2) is 0 Å². The van der Waals surface area contributed by atoms with Gasteiger partial charge in [0.1, 0.15) is 0 Å². The van der Waals surface area contributed by atoms with Crippen molar-refractivity contribution in [3.05, 3.63) is 11.6 Å². The highest BCUT2D eigenvalue weighted by atomic mass is 14.0. The zero-order valence-corrected chi connectivity index (χ0v) is 11.2. The fraction of sp³-hybridized carbons (Fsp3) is 0.750. The summed E-state index contributed by atoms with van der Waals surface area (Å²) >= 11 is 0. The number of rotatable bonds is 10. The molecule has 0 aromatic carbocycles. The van der Waals surface area contributed by atoms with Gasteiger partial charge in [-0.15, -0.1) is 12.3 Å². The summed E-state index contributed by atoms with van der Waals surface area (Å²) in [6.07, 6.45) is 20.5. The molecule has 0 spiro atoms. The van der Waals surface area contributed by atoms with Gasteiger partial charge in [0.05, 0.1) is 0 Å². The third-order valence-electron chi connectivity index (χ3n) is 2.96. The number of terminal acetylenes is 1. The maximum atomic E-state index is 5.22. The fourth-order valence-electron chi connectivity index (χ4n) is 1.86. The fourth-order valence-corrected chi connectivity index (χ4v) is 1.86. The van der Waals surface area contributed by atoms with Crippen molar-refractivity contribution in [2.75, 3.05) is 0 Å². The van der Waals surface area contributed by atoms with E-state index in [4.69, 9.17) is 6.42 Å². The molecule has 0 bridgehead atoms. The lowest BCUT2D eigenvalue weighted by molar-refractivity contribution is 0.588. The molecule has 16 heavy (non-hydrogen) atoms. The van der Waals surface area contributed by atoms with Gasteiger partial charge < -0.3 is 0 Å². The minimum atomic E-state index is 0.883. The second-order valence-corrected chi connectivity index (χ2v) is 4.66. The van der Waals surface area contributed by atoms with Gasteiger partial charge in [0, 0.05) is 6.42 Å². The van der Waals surface area contributed by atoms with Crippen LogP contribution < -0.4 is 0 Å². The molecular formula is C16H28. The number of allylic oxidation sites excluding steroid dienone is 2. The summed E-state index contributed by atoms with van der Waals surface area (Å²) in [6.45, 7) is 4.50. The first-order chi connectivity index (χ1) is 7.81. The average Bonchev–Trinajstić information content (AvgIpc) is 2.28. The van der Waals surface area contributed by atoms with Crippen molar-refractivity contribution >= 4 is 0 Å². The van der Waals surface area contributed by atoms with Crippen molar-refractivity contribution in [3.63, 3.8) is 0 Å². The largest absolute Gasteiger partial charge is 0.120 e. The predicted octanol–water partition coefficient (Wildman–Crippen LogP) is 5.49. The molecule has 0 fully saturated rings. The van der Waals surface area contributed by atoms with Crippen LogP contribution in [0, 0.1) is 12.3 Å². The zero-order chi connectivity index (χ0) is 12.1. The van der Waals surface area contributed by atoms with E-state index in [1.54, 1.807) is 0 Å². The molecule has 0 aliphatic carbocycles. The highest BCUT2D eigenvalue weighted by Gasteiger charge is 1.92. The molecule has 0 aromatic rings. The van der Waals surface area contributed by atoms with E-state index in [0.717, 1.165) is 12.8 Å². The molecule has 0 rings (SSSR count). The molecule has 0 heteroatoms. The number of hydrogen-bond acceptors (Lipinski definition) is 0. The van der Waals surface area contributed by atoms with E-state index in [9.17, 15) is 0 Å². The topological polar surface area (TPSA) is 0 Å². The van der Waals surface area contributed by atoms with E-state index >= 15 is 0 Å². The summed E-state index contributed by atoms with van der Waals surface area (Å²) in [5.74, 6) is 2.67. The van der Waals surface area contributed by atoms with Gasteiger partial charge in [-0.2, -0.15) is 0 Å². The van der Waals surface area contributed by atoms with Gasteiger partial charge in [0.2, 0.25) is 0 Å². The van der Waals surface area contributed by atoms with Crippen LogP contribution in [-0.4, -0.2) is 0 Å². The minimum absolute atomic E-state index is 0.883. The predicted molar refractivity (Wildman–Crippen MR) is 74.4 cm³/mol. The summed E-state index contributed by atoms with van der Waals surface area (Å²) in [7, 11) is 0.